The number of nitrogens with zero attached hydrogens (tertiary/aromatic N) is 1. The van der Waals surface area contributed by atoms with Crippen molar-refractivity contribution in [3.8, 4) is 0 Å². The van der Waals surface area contributed by atoms with Crippen LogP contribution in [-0.2, 0) is 4.79 Å². The number of hydrogen-bond acceptors (Lipinski definition) is 2. The summed E-state index contributed by atoms with van der Waals surface area (Å²) < 4.78 is 0. The Hall–Kier alpha value is -2.10. The molecule has 4 nitrogen and oxygen atoms in total. The third-order valence-corrected chi connectivity index (χ3v) is 6.50. The summed E-state index contributed by atoms with van der Waals surface area (Å²) in [5, 5.41) is 3.12. The van der Waals surface area contributed by atoms with Crippen LogP contribution in [0.25, 0.3) is 0 Å². The van der Waals surface area contributed by atoms with Crippen LogP contribution in [0.5, 0.6) is 0 Å². The van der Waals surface area contributed by atoms with E-state index in [0.717, 1.165) is 32.4 Å². The number of likely N-dealkylation sites (tertiary alicyclic amines) is 1. The van der Waals surface area contributed by atoms with Crippen LogP contribution in [0.3, 0.4) is 0 Å². The van der Waals surface area contributed by atoms with E-state index in [1.54, 1.807) is 0 Å². The summed E-state index contributed by atoms with van der Waals surface area (Å²) in [6, 6.07) is 9.38. The minimum absolute atomic E-state index is 0.0134. The van der Waals surface area contributed by atoms with Gasteiger partial charge in [-0.15, -0.1) is 0 Å². The van der Waals surface area contributed by atoms with Crippen molar-refractivity contribution in [2.45, 2.75) is 46.5 Å². The number of amides is 2. The van der Waals surface area contributed by atoms with Gasteiger partial charge in [0.1, 0.15) is 0 Å². The highest BCUT2D eigenvalue weighted by molar-refractivity contribution is 5.94. The van der Waals surface area contributed by atoms with Crippen LogP contribution in [0.4, 0.5) is 0 Å². The molecule has 0 aromatic heterocycles. The van der Waals surface area contributed by atoms with Crippen molar-refractivity contribution in [3.05, 3.63) is 47.5 Å². The first-order valence-corrected chi connectivity index (χ1v) is 10.7. The van der Waals surface area contributed by atoms with Crippen LogP contribution in [0, 0.1) is 23.7 Å². The summed E-state index contributed by atoms with van der Waals surface area (Å²) in [6.07, 6.45) is 6.27. The van der Waals surface area contributed by atoms with Crippen LogP contribution >= 0.6 is 0 Å². The first-order valence-electron chi connectivity index (χ1n) is 10.7. The molecule has 0 spiro atoms. The van der Waals surface area contributed by atoms with Gasteiger partial charge in [0, 0.05) is 31.6 Å². The van der Waals surface area contributed by atoms with E-state index in [1.807, 2.05) is 35.2 Å². The van der Waals surface area contributed by atoms with Crippen LogP contribution in [0.2, 0.25) is 0 Å². The Morgan fingerprint density at radius 2 is 1.82 bits per heavy atom. The van der Waals surface area contributed by atoms with Crippen LogP contribution in [-0.4, -0.2) is 36.3 Å². The zero-order valence-electron chi connectivity index (χ0n) is 17.5. The number of carbonyl (C=O) groups is 2. The van der Waals surface area contributed by atoms with Crippen LogP contribution in [0.15, 0.2) is 42.0 Å². The molecule has 152 valence electrons. The number of benzene rings is 1. The fourth-order valence-corrected chi connectivity index (χ4v) is 4.72. The monoisotopic (exact) mass is 382 g/mol. The lowest BCUT2D eigenvalue weighted by atomic mass is 9.69. The number of allylic oxidation sites excluding steroid dienone is 1. The molecule has 1 heterocycles. The standard InChI is InChI=1S/C24H34N2O2/c1-17(2)22-14-20(15-23(27)26-11-7-8-12-26)18(3)13-21(22)16-25-24(28)19-9-5-4-6-10-19/h4-6,9-10,13,17,20-22H,7-8,11-12,14-16H2,1-3H3,(H,25,28)/t20-,21-,22-/m0/s1. The predicted octanol–water partition coefficient (Wildman–Crippen LogP) is 4.28. The second-order valence-corrected chi connectivity index (χ2v) is 8.78. The molecule has 3 rings (SSSR count). The Labute approximate surface area is 169 Å². The molecule has 1 aromatic rings. The fraction of sp³-hybridized carbons (Fsp3) is 0.583. The van der Waals surface area contributed by atoms with Gasteiger partial charge in [-0.2, -0.15) is 0 Å². The largest absolute Gasteiger partial charge is 0.351 e. The van der Waals surface area contributed by atoms with Gasteiger partial charge >= 0.3 is 0 Å². The Kier molecular flexibility index (Phi) is 6.93. The Balaban J connectivity index is 1.63. The first kappa shape index (κ1) is 20.6. The minimum atomic E-state index is -0.0134. The summed E-state index contributed by atoms with van der Waals surface area (Å²) in [7, 11) is 0. The van der Waals surface area contributed by atoms with Gasteiger partial charge in [-0.3, -0.25) is 9.59 Å². The molecule has 0 bridgehead atoms. The number of nitrogens with one attached hydrogen (secondary N) is 1. The molecular weight excluding hydrogens is 348 g/mol. The van der Waals surface area contributed by atoms with Gasteiger partial charge in [-0.25, -0.2) is 0 Å². The second kappa shape index (κ2) is 9.40. The maximum Gasteiger partial charge on any atom is 0.251 e. The molecule has 4 heteroatoms. The van der Waals surface area contributed by atoms with E-state index in [1.165, 1.54) is 5.57 Å². The maximum atomic E-state index is 12.6. The Bertz CT molecular complexity index is 705. The zero-order chi connectivity index (χ0) is 20.1. The van der Waals surface area contributed by atoms with Gasteiger partial charge < -0.3 is 10.2 Å². The third kappa shape index (κ3) is 5.03. The van der Waals surface area contributed by atoms with Crippen molar-refractivity contribution in [3.63, 3.8) is 0 Å². The summed E-state index contributed by atoms with van der Waals surface area (Å²) in [6.45, 7) is 9.17. The van der Waals surface area contributed by atoms with E-state index in [-0.39, 0.29) is 5.91 Å². The van der Waals surface area contributed by atoms with E-state index in [2.05, 4.69) is 32.2 Å². The van der Waals surface area contributed by atoms with Crippen LogP contribution in [0.1, 0.15) is 56.8 Å². The van der Waals surface area contributed by atoms with Gasteiger partial charge in [0.2, 0.25) is 5.91 Å². The summed E-state index contributed by atoms with van der Waals surface area (Å²) >= 11 is 0. The first-order chi connectivity index (χ1) is 13.5. The quantitative estimate of drug-likeness (QED) is 0.747. The molecular formula is C24H34N2O2. The van der Waals surface area contributed by atoms with Crippen molar-refractivity contribution in [1.29, 1.82) is 0 Å². The fourth-order valence-electron chi connectivity index (χ4n) is 4.72. The Morgan fingerprint density at radius 1 is 1.14 bits per heavy atom. The summed E-state index contributed by atoms with van der Waals surface area (Å²) in [5.74, 6) is 1.96. The summed E-state index contributed by atoms with van der Waals surface area (Å²) in [4.78, 5) is 27.1. The van der Waals surface area contributed by atoms with Crippen molar-refractivity contribution in [1.82, 2.24) is 10.2 Å². The molecule has 1 aliphatic carbocycles. The number of rotatable bonds is 6. The highest BCUT2D eigenvalue weighted by atomic mass is 16.2. The topological polar surface area (TPSA) is 49.4 Å². The molecule has 3 atom stereocenters. The molecule has 0 radical (unpaired) electrons. The zero-order valence-corrected chi connectivity index (χ0v) is 17.5. The minimum Gasteiger partial charge on any atom is -0.351 e. The van der Waals surface area contributed by atoms with Gasteiger partial charge in [0.25, 0.3) is 5.91 Å². The predicted molar refractivity (Wildman–Crippen MR) is 113 cm³/mol. The molecule has 0 unspecified atom stereocenters. The average molecular weight is 383 g/mol. The molecule has 0 saturated carbocycles. The van der Waals surface area contributed by atoms with Gasteiger partial charge in [-0.05, 0) is 62.0 Å². The lowest BCUT2D eigenvalue weighted by Gasteiger charge is -2.37. The van der Waals surface area contributed by atoms with Gasteiger partial charge in [0.15, 0.2) is 0 Å². The third-order valence-electron chi connectivity index (χ3n) is 6.50. The number of hydrogen-bond donors (Lipinski definition) is 1. The molecule has 2 aliphatic rings. The van der Waals surface area contributed by atoms with Crippen molar-refractivity contribution >= 4 is 11.8 Å². The normalized spacial score (nSPS) is 24.9. The Morgan fingerprint density at radius 3 is 2.46 bits per heavy atom. The smallest absolute Gasteiger partial charge is 0.251 e. The number of carbonyl (C=O) groups excluding carboxylic acids is 2. The highest BCUT2D eigenvalue weighted by Gasteiger charge is 2.33. The maximum absolute atomic E-state index is 12.6. The van der Waals surface area contributed by atoms with E-state index >= 15 is 0 Å². The van der Waals surface area contributed by atoms with Crippen molar-refractivity contribution in [2.75, 3.05) is 19.6 Å². The van der Waals surface area contributed by atoms with Gasteiger partial charge in [-0.1, -0.05) is 43.7 Å². The van der Waals surface area contributed by atoms with Gasteiger partial charge in [0.05, 0.1) is 0 Å². The molecule has 1 fully saturated rings. The lowest BCUT2D eigenvalue weighted by Crippen LogP contribution is -2.38. The van der Waals surface area contributed by atoms with E-state index < -0.39 is 0 Å². The van der Waals surface area contributed by atoms with Crippen LogP contribution < -0.4 is 5.32 Å². The molecule has 1 aliphatic heterocycles. The van der Waals surface area contributed by atoms with E-state index in [0.29, 0.717) is 48.1 Å². The van der Waals surface area contributed by atoms with E-state index in [9.17, 15) is 9.59 Å². The average Bonchev–Trinajstić information content (AvgIpc) is 3.23. The lowest BCUT2D eigenvalue weighted by molar-refractivity contribution is -0.131. The molecule has 1 saturated heterocycles. The highest BCUT2D eigenvalue weighted by Crippen LogP contribution is 2.39. The van der Waals surface area contributed by atoms with Crippen molar-refractivity contribution < 1.29 is 9.59 Å². The molecule has 2 amide bonds. The summed E-state index contributed by atoms with van der Waals surface area (Å²) in [5.41, 5.74) is 2.01. The molecule has 1 aromatic carbocycles. The van der Waals surface area contributed by atoms with E-state index in [4.69, 9.17) is 0 Å². The molecule has 28 heavy (non-hydrogen) atoms. The van der Waals surface area contributed by atoms with Crippen molar-refractivity contribution in [2.24, 2.45) is 23.7 Å². The second-order valence-electron chi connectivity index (χ2n) is 8.78. The SMILES string of the molecule is CC1=C[C@@H](CNC(=O)c2ccccc2)[C@H](C(C)C)C[C@H]1CC(=O)N1CCCC1. The molecule has 1 N–H and O–H groups in total.